The molecule has 0 bridgehead atoms. The van der Waals surface area contributed by atoms with Crippen molar-refractivity contribution in [2.75, 3.05) is 31.6 Å². The van der Waals surface area contributed by atoms with Gasteiger partial charge in [-0.1, -0.05) is 56.3 Å². The molecule has 1 aliphatic heterocycles. The van der Waals surface area contributed by atoms with Crippen LogP contribution in [-0.4, -0.2) is 62.1 Å². The van der Waals surface area contributed by atoms with E-state index >= 15 is 0 Å². The molecule has 1 fully saturated rings. The third-order valence-electron chi connectivity index (χ3n) is 6.73. The summed E-state index contributed by atoms with van der Waals surface area (Å²) in [5.41, 5.74) is 3.09. The van der Waals surface area contributed by atoms with E-state index in [9.17, 15) is 23.1 Å². The number of piperidine rings is 1. The molecule has 0 radical (unpaired) electrons. The Bertz CT molecular complexity index is 1460. The number of hydrogen-bond acceptors (Lipinski definition) is 8. The van der Waals surface area contributed by atoms with Crippen molar-refractivity contribution < 1.29 is 32.6 Å². The van der Waals surface area contributed by atoms with E-state index in [1.165, 1.54) is 0 Å². The highest BCUT2D eigenvalue weighted by molar-refractivity contribution is 7.88. The first-order valence-electron chi connectivity index (χ1n) is 13.6. The topological polar surface area (TPSA) is 122 Å². The molecule has 0 saturated carbocycles. The fourth-order valence-electron chi connectivity index (χ4n) is 4.66. The van der Waals surface area contributed by atoms with Gasteiger partial charge in [0.05, 0.1) is 12.4 Å². The number of benzene rings is 2. The highest BCUT2D eigenvalue weighted by Crippen LogP contribution is 2.42. The smallest absolute Gasteiger partial charge is 0.349 e. The van der Waals surface area contributed by atoms with Crippen LogP contribution in [0.4, 0.5) is 5.69 Å². The maximum Gasteiger partial charge on any atom is 0.349 e. The van der Waals surface area contributed by atoms with E-state index < -0.39 is 22.0 Å². The van der Waals surface area contributed by atoms with Crippen LogP contribution < -0.4 is 10.1 Å². The van der Waals surface area contributed by atoms with Crippen molar-refractivity contribution in [2.24, 2.45) is 5.92 Å². The third-order valence-corrected chi connectivity index (χ3v) is 9.89. The lowest BCUT2D eigenvalue weighted by Crippen LogP contribution is -2.42. The Hall–Kier alpha value is -3.41. The highest BCUT2D eigenvalue weighted by Gasteiger charge is 2.28. The lowest BCUT2D eigenvalue weighted by atomic mass is 10.0. The molecule has 220 valence electrons. The minimum absolute atomic E-state index is 0.00267. The summed E-state index contributed by atoms with van der Waals surface area (Å²) in [6, 6.07) is 17.0. The van der Waals surface area contributed by atoms with E-state index in [0.29, 0.717) is 31.5 Å². The molecule has 4 rings (SSSR count). The van der Waals surface area contributed by atoms with E-state index in [4.69, 9.17) is 9.47 Å². The number of thiophene rings is 1. The zero-order valence-electron chi connectivity index (χ0n) is 23.5. The number of aromatic carboxylic acids is 1. The standard InChI is InChI=1S/C30H36N2O7S2/c1-20(2)17-38-26(33)18-39-27-21(3)28(40-29(27)30(34)35)23-10-7-11-25(16-23)31-24-12-14-32(15-13-24)41(36,37)19-22-8-5-4-6-9-22/h4-11,16,20,24,31H,12-15,17-19H2,1-3H3,(H,34,35). The number of carboxylic acids is 1. The molecule has 11 heteroatoms. The van der Waals surface area contributed by atoms with Gasteiger partial charge in [0.15, 0.2) is 11.5 Å². The number of ether oxygens (including phenoxy) is 2. The first kappa shape index (κ1) is 30.5. The number of rotatable bonds is 12. The maximum atomic E-state index is 12.9. The van der Waals surface area contributed by atoms with E-state index in [1.807, 2.05) is 68.4 Å². The summed E-state index contributed by atoms with van der Waals surface area (Å²) in [5.74, 6) is -1.33. The number of hydrogen-bond donors (Lipinski definition) is 2. The van der Waals surface area contributed by atoms with Gasteiger partial charge in [-0.15, -0.1) is 11.3 Å². The molecule has 41 heavy (non-hydrogen) atoms. The van der Waals surface area contributed by atoms with Crippen LogP contribution in [0.3, 0.4) is 0 Å². The summed E-state index contributed by atoms with van der Waals surface area (Å²) in [6.07, 6.45) is 1.34. The van der Waals surface area contributed by atoms with Crippen molar-refractivity contribution in [1.82, 2.24) is 4.31 Å². The second kappa shape index (κ2) is 13.5. The van der Waals surface area contributed by atoms with Gasteiger partial charge in [0, 0.05) is 35.3 Å². The summed E-state index contributed by atoms with van der Waals surface area (Å²) in [5, 5.41) is 13.3. The molecule has 0 unspecified atom stereocenters. The maximum absolute atomic E-state index is 12.9. The molecule has 9 nitrogen and oxygen atoms in total. The van der Waals surface area contributed by atoms with Crippen LogP contribution in [0.5, 0.6) is 5.75 Å². The van der Waals surface area contributed by atoms with Crippen molar-refractivity contribution in [3.05, 3.63) is 70.6 Å². The first-order valence-corrected chi connectivity index (χ1v) is 16.0. The average Bonchev–Trinajstić information content (AvgIpc) is 3.27. The van der Waals surface area contributed by atoms with Gasteiger partial charge in [-0.25, -0.2) is 22.3 Å². The first-order chi connectivity index (χ1) is 19.5. The number of nitrogens with zero attached hydrogens (tertiary/aromatic N) is 1. The fraction of sp³-hybridized carbons (Fsp3) is 0.400. The summed E-state index contributed by atoms with van der Waals surface area (Å²) >= 11 is 1.10. The number of sulfonamides is 1. The number of carboxylic acid groups (broad SMARTS) is 1. The van der Waals surface area contributed by atoms with Crippen LogP contribution in [0.1, 0.15) is 47.5 Å². The van der Waals surface area contributed by atoms with Crippen molar-refractivity contribution in [2.45, 2.75) is 45.4 Å². The zero-order valence-corrected chi connectivity index (χ0v) is 25.1. The molecule has 3 aromatic rings. The van der Waals surface area contributed by atoms with E-state index in [-0.39, 0.29) is 41.6 Å². The molecule has 1 saturated heterocycles. The Balaban J connectivity index is 1.41. The van der Waals surface area contributed by atoms with Crippen molar-refractivity contribution in [3.8, 4) is 16.2 Å². The van der Waals surface area contributed by atoms with E-state index in [0.717, 1.165) is 33.0 Å². The number of nitrogens with one attached hydrogen (secondary N) is 1. The highest BCUT2D eigenvalue weighted by atomic mass is 32.2. The third kappa shape index (κ3) is 8.08. The van der Waals surface area contributed by atoms with Gasteiger partial charge in [-0.3, -0.25) is 0 Å². The average molecular weight is 601 g/mol. The van der Waals surface area contributed by atoms with Gasteiger partial charge >= 0.3 is 11.9 Å². The lowest BCUT2D eigenvalue weighted by Gasteiger charge is -2.32. The predicted molar refractivity (Wildman–Crippen MR) is 160 cm³/mol. The molecular weight excluding hydrogens is 564 g/mol. The molecule has 2 aromatic carbocycles. The molecule has 2 heterocycles. The molecule has 0 atom stereocenters. The summed E-state index contributed by atoms with van der Waals surface area (Å²) < 4.78 is 38.2. The van der Waals surface area contributed by atoms with E-state index in [1.54, 1.807) is 11.2 Å². The molecule has 0 amide bonds. The Morgan fingerprint density at radius 1 is 1.10 bits per heavy atom. The number of esters is 1. The summed E-state index contributed by atoms with van der Waals surface area (Å²) in [4.78, 5) is 24.8. The second-order valence-electron chi connectivity index (χ2n) is 10.5. The SMILES string of the molecule is Cc1c(-c2cccc(NC3CCN(S(=O)(=O)Cc4ccccc4)CC3)c2)sc(C(=O)O)c1OCC(=O)OCC(C)C. The molecule has 1 aromatic heterocycles. The summed E-state index contributed by atoms with van der Waals surface area (Å²) in [6.45, 7) is 6.41. The Morgan fingerprint density at radius 2 is 1.80 bits per heavy atom. The molecule has 0 spiro atoms. The van der Waals surface area contributed by atoms with Crippen molar-refractivity contribution in [1.29, 1.82) is 0 Å². The number of carbonyl (C=O) groups excluding carboxylic acids is 1. The van der Waals surface area contributed by atoms with Crippen LogP contribution in [0.25, 0.3) is 10.4 Å². The van der Waals surface area contributed by atoms with Gasteiger partial charge in [0.25, 0.3) is 0 Å². The van der Waals surface area contributed by atoms with Crippen LogP contribution in [-0.2, 0) is 25.3 Å². The monoisotopic (exact) mass is 600 g/mol. The molecule has 0 aliphatic carbocycles. The number of carbonyl (C=O) groups is 2. The van der Waals surface area contributed by atoms with Gasteiger partial charge in [0.1, 0.15) is 5.75 Å². The summed E-state index contributed by atoms with van der Waals surface area (Å²) in [7, 11) is -3.39. The normalized spacial score (nSPS) is 14.6. The Morgan fingerprint density at radius 3 is 2.46 bits per heavy atom. The fourth-order valence-corrected chi connectivity index (χ4v) is 7.31. The second-order valence-corrected chi connectivity index (χ2v) is 13.5. The van der Waals surface area contributed by atoms with Crippen LogP contribution in [0, 0.1) is 12.8 Å². The van der Waals surface area contributed by atoms with Crippen molar-refractivity contribution in [3.63, 3.8) is 0 Å². The van der Waals surface area contributed by atoms with Gasteiger partial charge in [0.2, 0.25) is 10.0 Å². The zero-order chi connectivity index (χ0) is 29.6. The van der Waals surface area contributed by atoms with Crippen molar-refractivity contribution >= 4 is 39.0 Å². The van der Waals surface area contributed by atoms with E-state index in [2.05, 4.69) is 5.32 Å². The molecule has 1 aliphatic rings. The van der Waals surface area contributed by atoms with Crippen LogP contribution in [0.2, 0.25) is 0 Å². The largest absolute Gasteiger partial charge is 0.480 e. The van der Waals surface area contributed by atoms with Gasteiger partial charge in [-0.2, -0.15) is 0 Å². The van der Waals surface area contributed by atoms with Gasteiger partial charge in [-0.05, 0) is 48.9 Å². The number of anilines is 1. The Labute approximate surface area is 245 Å². The Kier molecular flexibility index (Phi) is 10.1. The van der Waals surface area contributed by atoms with Crippen LogP contribution in [0.15, 0.2) is 54.6 Å². The minimum atomic E-state index is -3.39. The van der Waals surface area contributed by atoms with Gasteiger partial charge < -0.3 is 19.9 Å². The lowest BCUT2D eigenvalue weighted by molar-refractivity contribution is -0.147. The predicted octanol–water partition coefficient (Wildman–Crippen LogP) is 5.41. The van der Waals surface area contributed by atoms with Crippen LogP contribution >= 0.6 is 11.3 Å². The molecule has 2 N–H and O–H groups in total. The quantitative estimate of drug-likeness (QED) is 0.265. The molecular formula is C30H36N2O7S2. The minimum Gasteiger partial charge on any atom is -0.480 e.